The molecule has 0 aliphatic carbocycles. The predicted octanol–water partition coefficient (Wildman–Crippen LogP) is 4.06. The third-order valence-electron chi connectivity index (χ3n) is 2.44. The van der Waals surface area contributed by atoms with Crippen molar-refractivity contribution in [2.75, 3.05) is 0 Å². The van der Waals surface area contributed by atoms with Crippen molar-refractivity contribution in [1.29, 1.82) is 0 Å². The van der Waals surface area contributed by atoms with E-state index in [1.54, 1.807) is 24.5 Å². The minimum absolute atomic E-state index is 0.321. The first-order chi connectivity index (χ1) is 9.24. The van der Waals surface area contributed by atoms with Crippen LogP contribution in [-0.4, -0.2) is 15.0 Å². The van der Waals surface area contributed by atoms with Gasteiger partial charge in [0.25, 0.3) is 0 Å². The van der Waals surface area contributed by atoms with E-state index in [4.69, 9.17) is 11.6 Å². The first-order valence-electron chi connectivity index (χ1n) is 5.44. The zero-order valence-electron chi connectivity index (χ0n) is 9.55. The van der Waals surface area contributed by atoms with Crippen molar-refractivity contribution in [3.05, 3.63) is 53.8 Å². The van der Waals surface area contributed by atoms with Gasteiger partial charge in [-0.1, -0.05) is 17.7 Å². The van der Waals surface area contributed by atoms with Crippen LogP contribution in [0.4, 0.5) is 4.39 Å². The van der Waals surface area contributed by atoms with Gasteiger partial charge in [-0.2, -0.15) is 4.39 Å². The SMILES string of the molecule is Fc1cccc(-c2sc(-c3cccnc3)nc2Cl)n1. The van der Waals surface area contributed by atoms with Gasteiger partial charge in [-0.05, 0) is 24.3 Å². The van der Waals surface area contributed by atoms with Crippen molar-refractivity contribution in [1.82, 2.24) is 15.0 Å². The maximum atomic E-state index is 13.1. The van der Waals surface area contributed by atoms with E-state index in [-0.39, 0.29) is 0 Å². The number of thiazole rings is 1. The van der Waals surface area contributed by atoms with Crippen molar-refractivity contribution >= 4 is 22.9 Å². The smallest absolute Gasteiger partial charge is 0.213 e. The summed E-state index contributed by atoms with van der Waals surface area (Å²) in [5.74, 6) is -0.537. The highest BCUT2D eigenvalue weighted by molar-refractivity contribution is 7.19. The van der Waals surface area contributed by atoms with E-state index in [0.717, 1.165) is 10.6 Å². The number of halogens is 2. The largest absolute Gasteiger partial charge is 0.264 e. The van der Waals surface area contributed by atoms with E-state index >= 15 is 0 Å². The number of hydrogen-bond donors (Lipinski definition) is 0. The minimum Gasteiger partial charge on any atom is -0.264 e. The van der Waals surface area contributed by atoms with Crippen LogP contribution < -0.4 is 0 Å². The fourth-order valence-corrected chi connectivity index (χ4v) is 2.87. The molecule has 19 heavy (non-hydrogen) atoms. The van der Waals surface area contributed by atoms with Crippen LogP contribution in [0, 0.1) is 5.95 Å². The Morgan fingerprint density at radius 2 is 2.00 bits per heavy atom. The van der Waals surface area contributed by atoms with Crippen LogP contribution in [-0.2, 0) is 0 Å². The summed E-state index contributed by atoms with van der Waals surface area (Å²) in [4.78, 5) is 12.8. The fraction of sp³-hybridized carbons (Fsp3) is 0. The molecular formula is C13H7ClFN3S. The molecule has 0 aliphatic rings. The van der Waals surface area contributed by atoms with Gasteiger partial charge in [0.05, 0.1) is 10.6 Å². The molecule has 0 spiro atoms. The van der Waals surface area contributed by atoms with E-state index in [2.05, 4.69) is 15.0 Å². The molecule has 3 rings (SSSR count). The third kappa shape index (κ3) is 2.47. The van der Waals surface area contributed by atoms with Crippen LogP contribution in [0.2, 0.25) is 5.15 Å². The third-order valence-corrected chi connectivity index (χ3v) is 3.95. The number of rotatable bonds is 2. The van der Waals surface area contributed by atoms with E-state index in [9.17, 15) is 4.39 Å². The monoisotopic (exact) mass is 291 g/mol. The highest BCUT2D eigenvalue weighted by atomic mass is 35.5. The van der Waals surface area contributed by atoms with Crippen LogP contribution in [0.25, 0.3) is 21.1 Å². The van der Waals surface area contributed by atoms with Gasteiger partial charge in [-0.3, -0.25) is 4.98 Å². The van der Waals surface area contributed by atoms with Crippen molar-refractivity contribution < 1.29 is 4.39 Å². The number of pyridine rings is 2. The zero-order chi connectivity index (χ0) is 13.2. The summed E-state index contributed by atoms with van der Waals surface area (Å²) in [5.41, 5.74) is 1.36. The van der Waals surface area contributed by atoms with E-state index in [0.29, 0.717) is 15.7 Å². The summed E-state index contributed by atoms with van der Waals surface area (Å²) >= 11 is 7.46. The summed E-state index contributed by atoms with van der Waals surface area (Å²) in [6, 6.07) is 8.31. The van der Waals surface area contributed by atoms with Crippen molar-refractivity contribution in [2.24, 2.45) is 0 Å². The summed E-state index contributed by atoms with van der Waals surface area (Å²) in [6.45, 7) is 0. The van der Waals surface area contributed by atoms with Gasteiger partial charge >= 0.3 is 0 Å². The zero-order valence-corrected chi connectivity index (χ0v) is 11.1. The summed E-state index contributed by atoms with van der Waals surface area (Å²) in [6.07, 6.45) is 3.39. The number of hydrogen-bond acceptors (Lipinski definition) is 4. The summed E-state index contributed by atoms with van der Waals surface area (Å²) in [5, 5.41) is 1.06. The van der Waals surface area contributed by atoms with Crippen molar-refractivity contribution in [3.8, 4) is 21.1 Å². The first-order valence-corrected chi connectivity index (χ1v) is 6.63. The average molecular weight is 292 g/mol. The molecule has 0 N–H and O–H groups in total. The normalized spacial score (nSPS) is 10.6. The molecule has 94 valence electrons. The molecule has 0 bridgehead atoms. The van der Waals surface area contributed by atoms with Crippen LogP contribution in [0.1, 0.15) is 0 Å². The van der Waals surface area contributed by atoms with Gasteiger partial charge in [0.1, 0.15) is 10.2 Å². The molecule has 0 radical (unpaired) electrons. The van der Waals surface area contributed by atoms with Crippen LogP contribution in [0.15, 0.2) is 42.7 Å². The lowest BCUT2D eigenvalue weighted by Crippen LogP contribution is -1.84. The molecule has 6 heteroatoms. The Morgan fingerprint density at radius 3 is 2.74 bits per heavy atom. The Bertz CT molecular complexity index is 715. The second kappa shape index (κ2) is 5.03. The maximum Gasteiger partial charge on any atom is 0.213 e. The Labute approximate surface area is 117 Å². The minimum atomic E-state index is -0.537. The highest BCUT2D eigenvalue weighted by Crippen LogP contribution is 2.36. The molecule has 3 aromatic rings. The lowest BCUT2D eigenvalue weighted by atomic mass is 10.3. The Hall–Kier alpha value is -1.85. The van der Waals surface area contributed by atoms with Gasteiger partial charge in [-0.15, -0.1) is 11.3 Å². The molecular weight excluding hydrogens is 285 g/mol. The van der Waals surface area contributed by atoms with Crippen LogP contribution in [0.3, 0.4) is 0 Å². The molecule has 0 unspecified atom stereocenters. The topological polar surface area (TPSA) is 38.7 Å². The van der Waals surface area contributed by atoms with Gasteiger partial charge in [-0.25, -0.2) is 9.97 Å². The van der Waals surface area contributed by atoms with E-state index in [1.807, 2.05) is 12.1 Å². The Balaban J connectivity index is 2.08. The fourth-order valence-electron chi connectivity index (χ4n) is 1.61. The molecule has 0 saturated carbocycles. The number of aromatic nitrogens is 3. The average Bonchev–Trinajstić information content (AvgIpc) is 2.82. The molecule has 3 aromatic heterocycles. The van der Waals surface area contributed by atoms with Gasteiger partial charge in [0.2, 0.25) is 5.95 Å². The molecule has 0 aromatic carbocycles. The molecule has 3 heterocycles. The molecule has 0 amide bonds. The molecule has 0 aliphatic heterocycles. The Morgan fingerprint density at radius 1 is 1.11 bits per heavy atom. The van der Waals surface area contributed by atoms with E-state index < -0.39 is 5.95 Å². The quantitative estimate of drug-likeness (QED) is 0.668. The summed E-state index contributed by atoms with van der Waals surface area (Å²) < 4.78 is 13.1. The van der Waals surface area contributed by atoms with E-state index in [1.165, 1.54) is 17.4 Å². The van der Waals surface area contributed by atoms with Gasteiger partial charge < -0.3 is 0 Å². The highest BCUT2D eigenvalue weighted by Gasteiger charge is 2.14. The lowest BCUT2D eigenvalue weighted by molar-refractivity contribution is 0.585. The molecule has 0 saturated heterocycles. The van der Waals surface area contributed by atoms with Gasteiger partial charge in [0, 0.05) is 18.0 Å². The molecule has 0 fully saturated rings. The first kappa shape index (κ1) is 12.2. The lowest BCUT2D eigenvalue weighted by Gasteiger charge is -1.96. The maximum absolute atomic E-state index is 13.1. The predicted molar refractivity (Wildman–Crippen MR) is 73.5 cm³/mol. The second-order valence-electron chi connectivity index (χ2n) is 3.73. The van der Waals surface area contributed by atoms with Crippen LogP contribution in [0.5, 0.6) is 0 Å². The van der Waals surface area contributed by atoms with Gasteiger partial charge in [0.15, 0.2) is 0 Å². The number of nitrogens with zero attached hydrogens (tertiary/aromatic N) is 3. The van der Waals surface area contributed by atoms with Crippen molar-refractivity contribution in [3.63, 3.8) is 0 Å². The molecule has 3 nitrogen and oxygen atoms in total. The van der Waals surface area contributed by atoms with Crippen LogP contribution >= 0.6 is 22.9 Å². The standard InChI is InChI=1S/C13H7ClFN3S/c14-12-11(9-4-1-5-10(15)17-9)19-13(18-12)8-3-2-6-16-7-8/h1-7H. The summed E-state index contributed by atoms with van der Waals surface area (Å²) in [7, 11) is 0. The second-order valence-corrected chi connectivity index (χ2v) is 5.08. The molecule has 0 atom stereocenters. The van der Waals surface area contributed by atoms with Crippen molar-refractivity contribution in [2.45, 2.75) is 0 Å². The Kier molecular flexibility index (Phi) is 3.23.